The number of H-pyrrole nitrogens is 1. The van der Waals surface area contributed by atoms with E-state index in [2.05, 4.69) is 61.3 Å². The van der Waals surface area contributed by atoms with Gasteiger partial charge in [0.15, 0.2) is 11.6 Å². The highest BCUT2D eigenvalue weighted by atomic mass is 16.5. The summed E-state index contributed by atoms with van der Waals surface area (Å²) in [6.45, 7) is 7.27. The highest BCUT2D eigenvalue weighted by Crippen LogP contribution is 2.37. The molecule has 4 aromatic heterocycles. The van der Waals surface area contributed by atoms with Crippen molar-refractivity contribution in [2.24, 2.45) is 0 Å². The smallest absolute Gasteiger partial charge is 0.227 e. The first kappa shape index (κ1) is 19.2. The molecule has 9 nitrogen and oxygen atoms in total. The Balaban J connectivity index is 1.32. The van der Waals surface area contributed by atoms with Crippen molar-refractivity contribution < 1.29 is 4.52 Å². The number of pyridine rings is 1. The lowest BCUT2D eigenvalue weighted by Gasteiger charge is -2.39. The molecular formula is C22H24N8O. The summed E-state index contributed by atoms with van der Waals surface area (Å²) >= 11 is 0. The number of aromatic amines is 1. The van der Waals surface area contributed by atoms with Crippen molar-refractivity contribution in [3.8, 4) is 11.4 Å². The van der Waals surface area contributed by atoms with E-state index in [1.807, 2.05) is 36.4 Å². The van der Waals surface area contributed by atoms with Gasteiger partial charge in [0.25, 0.3) is 0 Å². The Morgan fingerprint density at radius 2 is 1.97 bits per heavy atom. The fourth-order valence-corrected chi connectivity index (χ4v) is 3.46. The van der Waals surface area contributed by atoms with Gasteiger partial charge in [-0.1, -0.05) is 32.0 Å². The van der Waals surface area contributed by atoms with Gasteiger partial charge in [0.1, 0.15) is 11.5 Å². The Hall–Kier alpha value is -3.75. The van der Waals surface area contributed by atoms with E-state index < -0.39 is 0 Å². The largest absolute Gasteiger partial charge is 0.358 e. The Kier molecular flexibility index (Phi) is 4.65. The number of hydrogen-bond donors (Lipinski definition) is 2. The SMILES string of the molecule is CC(C)(C)c1cc(Nc2ccnc(N3CC[C@H]3c3cc(-c4ccccn4)no3)n2)n[nH]1. The molecule has 0 bridgehead atoms. The average molecular weight is 416 g/mol. The molecule has 1 aliphatic rings. The number of rotatable bonds is 5. The molecule has 0 aromatic carbocycles. The maximum Gasteiger partial charge on any atom is 0.227 e. The van der Waals surface area contributed by atoms with Crippen LogP contribution in [0.4, 0.5) is 17.6 Å². The summed E-state index contributed by atoms with van der Waals surface area (Å²) in [6, 6.07) is 11.6. The minimum absolute atomic E-state index is 0.000182. The Labute approximate surface area is 179 Å². The summed E-state index contributed by atoms with van der Waals surface area (Å²) in [4.78, 5) is 15.6. The van der Waals surface area contributed by atoms with Crippen LogP contribution in [0.25, 0.3) is 11.4 Å². The van der Waals surface area contributed by atoms with Crippen LogP contribution in [0, 0.1) is 0 Å². The van der Waals surface area contributed by atoms with E-state index in [1.54, 1.807) is 12.4 Å². The molecule has 0 unspecified atom stereocenters. The van der Waals surface area contributed by atoms with E-state index in [0.29, 0.717) is 11.8 Å². The van der Waals surface area contributed by atoms with Gasteiger partial charge in [0, 0.05) is 42.2 Å². The summed E-state index contributed by atoms with van der Waals surface area (Å²) in [5.41, 5.74) is 2.58. The molecule has 5 rings (SSSR count). The van der Waals surface area contributed by atoms with Crippen LogP contribution in [0.3, 0.4) is 0 Å². The van der Waals surface area contributed by atoms with Crippen molar-refractivity contribution in [3.05, 3.63) is 60.2 Å². The Morgan fingerprint density at radius 1 is 1.06 bits per heavy atom. The van der Waals surface area contributed by atoms with E-state index in [-0.39, 0.29) is 11.5 Å². The monoisotopic (exact) mass is 416 g/mol. The second-order valence-corrected chi connectivity index (χ2v) is 8.61. The molecule has 0 saturated carbocycles. The van der Waals surface area contributed by atoms with Gasteiger partial charge in [0.2, 0.25) is 5.95 Å². The summed E-state index contributed by atoms with van der Waals surface area (Å²) in [5.74, 6) is 2.85. The minimum Gasteiger partial charge on any atom is -0.358 e. The number of anilines is 3. The van der Waals surface area contributed by atoms with Crippen LogP contribution in [0.5, 0.6) is 0 Å². The van der Waals surface area contributed by atoms with Crippen LogP contribution in [0.2, 0.25) is 0 Å². The second-order valence-electron chi connectivity index (χ2n) is 8.61. The molecular weight excluding hydrogens is 392 g/mol. The molecule has 1 fully saturated rings. The normalized spacial score (nSPS) is 16.2. The van der Waals surface area contributed by atoms with Crippen molar-refractivity contribution in [2.45, 2.75) is 38.6 Å². The molecule has 0 radical (unpaired) electrons. The summed E-state index contributed by atoms with van der Waals surface area (Å²) < 4.78 is 5.62. The summed E-state index contributed by atoms with van der Waals surface area (Å²) in [6.07, 6.45) is 4.44. The molecule has 9 heteroatoms. The first-order valence-corrected chi connectivity index (χ1v) is 10.3. The fraction of sp³-hybridized carbons (Fsp3) is 0.318. The zero-order valence-electron chi connectivity index (χ0n) is 17.7. The summed E-state index contributed by atoms with van der Waals surface area (Å²) in [5, 5.41) is 14.9. The molecule has 5 heterocycles. The van der Waals surface area contributed by atoms with Crippen molar-refractivity contribution in [3.63, 3.8) is 0 Å². The average Bonchev–Trinajstić information content (AvgIpc) is 3.38. The van der Waals surface area contributed by atoms with Crippen molar-refractivity contribution >= 4 is 17.6 Å². The third-order valence-electron chi connectivity index (χ3n) is 5.35. The number of aromatic nitrogens is 6. The van der Waals surface area contributed by atoms with Gasteiger partial charge in [0.05, 0.1) is 11.7 Å². The van der Waals surface area contributed by atoms with Gasteiger partial charge >= 0.3 is 0 Å². The van der Waals surface area contributed by atoms with Crippen molar-refractivity contribution in [1.29, 1.82) is 0 Å². The topological polar surface area (TPSA) is 109 Å². The van der Waals surface area contributed by atoms with Gasteiger partial charge in [-0.15, -0.1) is 0 Å². The second kappa shape index (κ2) is 7.50. The number of hydrogen-bond acceptors (Lipinski definition) is 8. The van der Waals surface area contributed by atoms with E-state index in [4.69, 9.17) is 4.52 Å². The quantitative estimate of drug-likeness (QED) is 0.497. The molecule has 2 N–H and O–H groups in total. The van der Waals surface area contributed by atoms with Crippen LogP contribution in [0.15, 0.2) is 53.3 Å². The highest BCUT2D eigenvalue weighted by Gasteiger charge is 2.35. The third-order valence-corrected chi connectivity index (χ3v) is 5.35. The Bertz CT molecular complexity index is 1180. The standard InChI is InChI=1S/C22H24N8O/c1-22(2,3)18-13-20(28-27-18)25-19-7-10-24-21(26-19)30-11-8-16(30)17-12-15(29-31-17)14-6-4-5-9-23-14/h4-7,9-10,12-13,16H,8,11H2,1-3H3,(H2,24,25,26,27,28)/t16-/m0/s1. The molecule has 31 heavy (non-hydrogen) atoms. The molecule has 0 aliphatic carbocycles. The van der Waals surface area contributed by atoms with Crippen molar-refractivity contribution in [2.75, 3.05) is 16.8 Å². The molecule has 1 aliphatic heterocycles. The Morgan fingerprint density at radius 3 is 2.68 bits per heavy atom. The molecule has 1 atom stereocenters. The molecule has 158 valence electrons. The molecule has 4 aromatic rings. The van der Waals surface area contributed by atoms with E-state index in [0.717, 1.165) is 41.6 Å². The van der Waals surface area contributed by atoms with Gasteiger partial charge in [-0.3, -0.25) is 10.1 Å². The van der Waals surface area contributed by atoms with Crippen molar-refractivity contribution in [1.82, 2.24) is 30.3 Å². The number of nitrogens with zero attached hydrogens (tertiary/aromatic N) is 6. The highest BCUT2D eigenvalue weighted by molar-refractivity contribution is 5.56. The fourth-order valence-electron chi connectivity index (χ4n) is 3.46. The van der Waals surface area contributed by atoms with Crippen LogP contribution in [0.1, 0.15) is 44.7 Å². The molecule has 1 saturated heterocycles. The third kappa shape index (κ3) is 3.86. The van der Waals surface area contributed by atoms with Crippen LogP contribution in [-0.4, -0.2) is 36.9 Å². The first-order chi connectivity index (χ1) is 15.0. The zero-order chi connectivity index (χ0) is 21.4. The van der Waals surface area contributed by atoms with Gasteiger partial charge in [-0.05, 0) is 24.6 Å². The lowest BCUT2D eigenvalue weighted by molar-refractivity contribution is 0.315. The number of nitrogens with one attached hydrogen (secondary N) is 2. The van der Waals surface area contributed by atoms with Gasteiger partial charge < -0.3 is 14.7 Å². The van der Waals surface area contributed by atoms with E-state index >= 15 is 0 Å². The molecule has 0 spiro atoms. The lowest BCUT2D eigenvalue weighted by atomic mass is 9.92. The molecule has 0 amide bonds. The first-order valence-electron chi connectivity index (χ1n) is 10.3. The maximum absolute atomic E-state index is 5.62. The van der Waals surface area contributed by atoms with Crippen LogP contribution < -0.4 is 10.2 Å². The van der Waals surface area contributed by atoms with Crippen LogP contribution >= 0.6 is 0 Å². The van der Waals surface area contributed by atoms with E-state index in [9.17, 15) is 0 Å². The zero-order valence-corrected chi connectivity index (χ0v) is 17.7. The predicted octanol–water partition coefficient (Wildman–Crippen LogP) is 4.24. The van der Waals surface area contributed by atoms with Gasteiger partial charge in [-0.2, -0.15) is 10.1 Å². The van der Waals surface area contributed by atoms with Crippen LogP contribution in [-0.2, 0) is 5.41 Å². The lowest BCUT2D eigenvalue weighted by Crippen LogP contribution is -2.41. The van der Waals surface area contributed by atoms with Gasteiger partial charge in [-0.25, -0.2) is 4.98 Å². The van der Waals surface area contributed by atoms with E-state index in [1.165, 1.54) is 0 Å². The minimum atomic E-state index is -0.000182. The summed E-state index contributed by atoms with van der Waals surface area (Å²) in [7, 11) is 0. The maximum atomic E-state index is 5.62. The predicted molar refractivity (Wildman–Crippen MR) is 117 cm³/mol.